The van der Waals surface area contributed by atoms with Crippen LogP contribution in [0.2, 0.25) is 10.0 Å². The monoisotopic (exact) mass is 507 g/mol. The second kappa shape index (κ2) is 10.8. The normalized spacial score (nSPS) is 12.9. The smallest absolute Gasteiger partial charge is 0.266 e. The molecule has 8 heteroatoms. The Kier molecular flexibility index (Phi) is 7.55. The van der Waals surface area contributed by atoms with E-state index in [4.69, 9.17) is 27.9 Å². The lowest BCUT2D eigenvalue weighted by molar-refractivity contribution is -0.112. The average molecular weight is 508 g/mol. The van der Waals surface area contributed by atoms with Crippen molar-refractivity contribution >= 4 is 51.5 Å². The maximum absolute atomic E-state index is 12.9. The Hall–Kier alpha value is -3.29. The number of hydrogen-bond donors (Lipinski definition) is 1. The number of benzene rings is 2. The summed E-state index contributed by atoms with van der Waals surface area (Å²) in [5, 5.41) is 23.5. The second-order valence-electron chi connectivity index (χ2n) is 7.73. The molecule has 1 aromatic heterocycles. The van der Waals surface area contributed by atoms with Crippen LogP contribution < -0.4 is 10.1 Å². The number of thiophene rings is 1. The van der Waals surface area contributed by atoms with Crippen molar-refractivity contribution in [2.24, 2.45) is 0 Å². The zero-order chi connectivity index (χ0) is 24.1. The van der Waals surface area contributed by atoms with Gasteiger partial charge in [0.1, 0.15) is 35.1 Å². The summed E-state index contributed by atoms with van der Waals surface area (Å²) in [6.07, 6.45) is 5.35. The highest BCUT2D eigenvalue weighted by Crippen LogP contribution is 2.38. The fraction of sp³-hybridized carbons (Fsp3) is 0.192. The SMILES string of the molecule is N#CC(=Cc1ccccc1OCc1ccc(Cl)c(Cl)c1)C(=O)Nc1sc2c(c1C#N)CCCC2. The molecule has 0 saturated heterocycles. The Morgan fingerprint density at radius 1 is 1.12 bits per heavy atom. The van der Waals surface area contributed by atoms with Crippen molar-refractivity contribution in [2.45, 2.75) is 32.3 Å². The summed E-state index contributed by atoms with van der Waals surface area (Å²) in [5.41, 5.74) is 2.87. The van der Waals surface area contributed by atoms with E-state index >= 15 is 0 Å². The highest BCUT2D eigenvalue weighted by Gasteiger charge is 2.23. The van der Waals surface area contributed by atoms with E-state index in [-0.39, 0.29) is 12.2 Å². The van der Waals surface area contributed by atoms with Crippen LogP contribution in [0.5, 0.6) is 5.75 Å². The lowest BCUT2D eigenvalue weighted by Gasteiger charge is -2.10. The minimum Gasteiger partial charge on any atom is -0.488 e. The van der Waals surface area contributed by atoms with E-state index in [1.54, 1.807) is 30.3 Å². The lowest BCUT2D eigenvalue weighted by Crippen LogP contribution is -2.13. The number of nitrogens with zero attached hydrogens (tertiary/aromatic N) is 2. The van der Waals surface area contributed by atoms with Gasteiger partial charge in [0.15, 0.2) is 0 Å². The van der Waals surface area contributed by atoms with Crippen LogP contribution in [0, 0.1) is 22.7 Å². The minimum atomic E-state index is -0.558. The molecule has 1 heterocycles. The number of carbonyl (C=O) groups excluding carboxylic acids is 1. The molecule has 1 amide bonds. The van der Waals surface area contributed by atoms with Crippen molar-refractivity contribution in [3.8, 4) is 17.9 Å². The molecule has 2 aromatic carbocycles. The first-order chi connectivity index (χ1) is 16.5. The standard InChI is InChI=1S/C26H19Cl2N3O2S/c27-21-10-9-16(11-22(21)28)15-33-23-7-3-1-5-17(23)12-18(13-29)25(32)31-26-20(14-30)19-6-2-4-8-24(19)34-26/h1,3,5,7,9-12H,2,4,6,8,15H2,(H,31,32). The van der Waals surface area contributed by atoms with E-state index in [9.17, 15) is 15.3 Å². The summed E-state index contributed by atoms with van der Waals surface area (Å²) < 4.78 is 5.92. The number of carbonyl (C=O) groups is 1. The lowest BCUT2D eigenvalue weighted by atomic mass is 9.96. The number of hydrogen-bond acceptors (Lipinski definition) is 5. The number of para-hydroxylation sites is 1. The number of nitriles is 2. The van der Waals surface area contributed by atoms with Crippen LogP contribution in [0.4, 0.5) is 5.00 Å². The van der Waals surface area contributed by atoms with E-state index in [1.807, 2.05) is 18.2 Å². The number of rotatable bonds is 6. The van der Waals surface area contributed by atoms with Gasteiger partial charge in [0.2, 0.25) is 0 Å². The summed E-state index contributed by atoms with van der Waals surface area (Å²) in [4.78, 5) is 14.1. The molecule has 5 nitrogen and oxygen atoms in total. The molecule has 0 bridgehead atoms. The predicted molar refractivity (Wildman–Crippen MR) is 135 cm³/mol. The van der Waals surface area contributed by atoms with Crippen LogP contribution in [0.25, 0.3) is 6.08 Å². The second-order valence-corrected chi connectivity index (χ2v) is 9.65. The van der Waals surface area contributed by atoms with E-state index in [1.165, 1.54) is 17.4 Å². The molecule has 0 atom stereocenters. The van der Waals surface area contributed by atoms with Gasteiger partial charge in [-0.15, -0.1) is 11.3 Å². The molecule has 0 aliphatic heterocycles. The van der Waals surface area contributed by atoms with Gasteiger partial charge >= 0.3 is 0 Å². The van der Waals surface area contributed by atoms with Crippen molar-refractivity contribution in [2.75, 3.05) is 5.32 Å². The van der Waals surface area contributed by atoms with Gasteiger partial charge in [0.25, 0.3) is 5.91 Å². The molecule has 0 radical (unpaired) electrons. The molecule has 0 fully saturated rings. The number of anilines is 1. The van der Waals surface area contributed by atoms with Gasteiger partial charge in [0.05, 0.1) is 15.6 Å². The molecule has 0 saturated carbocycles. The number of halogens is 2. The zero-order valence-corrected chi connectivity index (χ0v) is 20.4. The molecular formula is C26H19Cl2N3O2S. The molecule has 1 aliphatic carbocycles. The van der Waals surface area contributed by atoms with E-state index in [0.717, 1.165) is 41.7 Å². The third-order valence-electron chi connectivity index (χ3n) is 5.47. The van der Waals surface area contributed by atoms with E-state index in [2.05, 4.69) is 11.4 Å². The average Bonchev–Trinajstić information content (AvgIpc) is 3.20. The molecule has 1 N–H and O–H groups in total. The Labute approximate surface area is 211 Å². The minimum absolute atomic E-state index is 0.0825. The molecule has 0 spiro atoms. The topological polar surface area (TPSA) is 85.9 Å². The number of ether oxygens (including phenoxy) is 1. The Morgan fingerprint density at radius 3 is 2.68 bits per heavy atom. The van der Waals surface area contributed by atoms with Crippen LogP contribution in [0.3, 0.4) is 0 Å². The largest absolute Gasteiger partial charge is 0.488 e. The van der Waals surface area contributed by atoms with Crippen molar-refractivity contribution in [3.05, 3.63) is 85.2 Å². The van der Waals surface area contributed by atoms with Crippen LogP contribution in [0.15, 0.2) is 48.0 Å². The van der Waals surface area contributed by atoms with Gasteiger partial charge < -0.3 is 10.1 Å². The number of amides is 1. The van der Waals surface area contributed by atoms with Crippen LogP contribution in [-0.2, 0) is 24.2 Å². The first kappa shape index (κ1) is 23.9. The molecule has 3 aromatic rings. The number of aryl methyl sites for hydroxylation is 1. The zero-order valence-electron chi connectivity index (χ0n) is 18.0. The van der Waals surface area contributed by atoms with Crippen LogP contribution >= 0.6 is 34.5 Å². The Bertz CT molecular complexity index is 1370. The van der Waals surface area contributed by atoms with Crippen LogP contribution in [-0.4, -0.2) is 5.91 Å². The fourth-order valence-electron chi connectivity index (χ4n) is 3.77. The number of fused-ring (bicyclic) bond motifs is 1. The summed E-state index contributed by atoms with van der Waals surface area (Å²) in [6, 6.07) is 16.6. The predicted octanol–water partition coefficient (Wildman–Crippen LogP) is 6.93. The van der Waals surface area contributed by atoms with Gasteiger partial charge in [-0.3, -0.25) is 4.79 Å². The fourth-order valence-corrected chi connectivity index (χ4v) is 5.32. The van der Waals surface area contributed by atoms with Gasteiger partial charge in [-0.1, -0.05) is 47.5 Å². The molecule has 4 rings (SSSR count). The van der Waals surface area contributed by atoms with Crippen LogP contribution in [0.1, 0.15) is 40.0 Å². The quantitative estimate of drug-likeness (QED) is 0.289. The maximum atomic E-state index is 12.9. The van der Waals surface area contributed by atoms with Gasteiger partial charge in [-0.2, -0.15) is 10.5 Å². The summed E-state index contributed by atoms with van der Waals surface area (Å²) in [6.45, 7) is 0.238. The van der Waals surface area contributed by atoms with Crippen molar-refractivity contribution < 1.29 is 9.53 Å². The summed E-state index contributed by atoms with van der Waals surface area (Å²) >= 11 is 13.5. The summed E-state index contributed by atoms with van der Waals surface area (Å²) in [7, 11) is 0. The third kappa shape index (κ3) is 5.26. The third-order valence-corrected chi connectivity index (χ3v) is 7.42. The molecule has 34 heavy (non-hydrogen) atoms. The van der Waals surface area contributed by atoms with Crippen molar-refractivity contribution in [1.82, 2.24) is 0 Å². The van der Waals surface area contributed by atoms with Gasteiger partial charge in [-0.25, -0.2) is 0 Å². The van der Waals surface area contributed by atoms with E-state index < -0.39 is 5.91 Å². The molecule has 170 valence electrons. The summed E-state index contributed by atoms with van der Waals surface area (Å²) in [5.74, 6) is -0.0460. The van der Waals surface area contributed by atoms with Crippen molar-refractivity contribution in [3.63, 3.8) is 0 Å². The van der Waals surface area contributed by atoms with E-state index in [0.29, 0.717) is 31.9 Å². The first-order valence-corrected chi connectivity index (χ1v) is 12.2. The van der Waals surface area contributed by atoms with Gasteiger partial charge in [-0.05, 0) is 61.1 Å². The highest BCUT2D eigenvalue weighted by atomic mass is 35.5. The van der Waals surface area contributed by atoms with Gasteiger partial charge in [0, 0.05) is 10.4 Å². The molecule has 1 aliphatic rings. The molecular weight excluding hydrogens is 489 g/mol. The Morgan fingerprint density at radius 2 is 1.91 bits per heavy atom. The first-order valence-electron chi connectivity index (χ1n) is 10.6. The van der Waals surface area contributed by atoms with Crippen molar-refractivity contribution in [1.29, 1.82) is 10.5 Å². The maximum Gasteiger partial charge on any atom is 0.266 e. The Balaban J connectivity index is 1.54. The number of nitrogens with one attached hydrogen (secondary N) is 1. The molecule has 0 unspecified atom stereocenters. The highest BCUT2D eigenvalue weighted by molar-refractivity contribution is 7.16.